The number of hydrogen-bond donors (Lipinski definition) is 1. The molecule has 0 bridgehead atoms. The van der Waals surface area contributed by atoms with Crippen LogP contribution in [-0.4, -0.2) is 6.18 Å². The van der Waals surface area contributed by atoms with E-state index in [1.807, 2.05) is 0 Å². The van der Waals surface area contributed by atoms with Crippen LogP contribution < -0.4 is 5.73 Å². The molecule has 0 radical (unpaired) electrons. The summed E-state index contributed by atoms with van der Waals surface area (Å²) in [4.78, 5) is 0. The molecule has 7 heteroatoms. The predicted octanol–water partition coefficient (Wildman–Crippen LogP) is 3.06. The third-order valence-corrected chi connectivity index (χ3v) is 1.89. The molecule has 0 saturated heterocycles. The molecular formula is C9H7F6N. The van der Waals surface area contributed by atoms with Gasteiger partial charge in [0.1, 0.15) is 0 Å². The maximum atomic E-state index is 12.7. The van der Waals surface area contributed by atoms with E-state index < -0.39 is 41.7 Å². The Balaban J connectivity index is 2.97. The van der Waals surface area contributed by atoms with Gasteiger partial charge in [0.2, 0.25) is 0 Å². The zero-order valence-electron chi connectivity index (χ0n) is 7.78. The van der Waals surface area contributed by atoms with Crippen molar-refractivity contribution < 1.29 is 26.3 Å². The number of rotatable bonds is 2. The van der Waals surface area contributed by atoms with Gasteiger partial charge in [0.25, 0.3) is 0 Å². The van der Waals surface area contributed by atoms with E-state index in [-0.39, 0.29) is 0 Å². The van der Waals surface area contributed by atoms with Crippen molar-refractivity contribution in [2.24, 2.45) is 5.73 Å². The second-order valence-corrected chi connectivity index (χ2v) is 3.22. The highest BCUT2D eigenvalue weighted by Crippen LogP contribution is 2.29. The average molecular weight is 243 g/mol. The second kappa shape index (κ2) is 4.32. The first kappa shape index (κ1) is 12.8. The number of hydrogen-bond acceptors (Lipinski definition) is 1. The van der Waals surface area contributed by atoms with Gasteiger partial charge in [-0.05, 0) is 17.7 Å². The third kappa shape index (κ3) is 3.13. The lowest BCUT2D eigenvalue weighted by Crippen LogP contribution is -2.20. The van der Waals surface area contributed by atoms with Crippen molar-refractivity contribution in [2.75, 3.05) is 0 Å². The number of halogens is 6. The first-order valence-electron chi connectivity index (χ1n) is 4.17. The first-order valence-corrected chi connectivity index (χ1v) is 4.17. The van der Waals surface area contributed by atoms with Crippen LogP contribution in [0.4, 0.5) is 26.3 Å². The lowest BCUT2D eigenvalue weighted by Gasteiger charge is -2.14. The van der Waals surface area contributed by atoms with Crippen LogP contribution in [0, 0.1) is 17.5 Å². The summed E-state index contributed by atoms with van der Waals surface area (Å²) in [5.41, 5.74) is 4.66. The van der Waals surface area contributed by atoms with Crippen molar-refractivity contribution in [1.29, 1.82) is 0 Å². The lowest BCUT2D eigenvalue weighted by molar-refractivity contribution is -0.138. The zero-order valence-corrected chi connectivity index (χ0v) is 7.78. The number of nitrogens with two attached hydrogens (primary N) is 1. The molecule has 0 spiro atoms. The second-order valence-electron chi connectivity index (χ2n) is 3.22. The maximum absolute atomic E-state index is 12.7. The molecule has 1 nitrogen and oxygen atoms in total. The number of alkyl halides is 3. The zero-order chi connectivity index (χ0) is 12.5. The van der Waals surface area contributed by atoms with Gasteiger partial charge >= 0.3 is 6.18 Å². The van der Waals surface area contributed by atoms with Gasteiger partial charge in [-0.15, -0.1) is 0 Å². The molecule has 1 rings (SSSR count). The molecule has 0 aromatic heterocycles. The van der Waals surface area contributed by atoms with Crippen molar-refractivity contribution in [2.45, 2.75) is 18.6 Å². The highest BCUT2D eigenvalue weighted by molar-refractivity contribution is 5.22. The first-order chi connectivity index (χ1) is 7.20. The lowest BCUT2D eigenvalue weighted by atomic mass is 10.0. The Bertz CT molecular complexity index is 363. The van der Waals surface area contributed by atoms with Crippen molar-refractivity contribution in [3.63, 3.8) is 0 Å². The van der Waals surface area contributed by atoms with Crippen LogP contribution in [0.3, 0.4) is 0 Å². The molecule has 0 aliphatic rings. The molecule has 2 N–H and O–H groups in total. The molecule has 0 heterocycles. The summed E-state index contributed by atoms with van der Waals surface area (Å²) in [6, 6.07) is -0.714. The van der Waals surface area contributed by atoms with E-state index in [9.17, 15) is 26.3 Å². The molecule has 0 fully saturated rings. The summed E-state index contributed by atoms with van der Waals surface area (Å²) in [7, 11) is 0. The van der Waals surface area contributed by atoms with Gasteiger partial charge < -0.3 is 5.73 Å². The van der Waals surface area contributed by atoms with Crippen LogP contribution in [0.1, 0.15) is 18.0 Å². The Hall–Kier alpha value is -1.24. The molecule has 90 valence electrons. The molecule has 0 amide bonds. The fraction of sp³-hybridized carbons (Fsp3) is 0.333. The van der Waals surface area contributed by atoms with Gasteiger partial charge in [0.15, 0.2) is 17.5 Å². The van der Waals surface area contributed by atoms with Crippen LogP contribution in [-0.2, 0) is 0 Å². The molecule has 1 atom stereocenters. The molecule has 0 unspecified atom stereocenters. The molecule has 0 aliphatic heterocycles. The largest absolute Gasteiger partial charge is 0.390 e. The smallest absolute Gasteiger partial charge is 0.324 e. The SMILES string of the molecule is N[C@H](CC(F)(F)F)c1cc(F)c(F)c(F)c1. The Morgan fingerprint density at radius 1 is 1.06 bits per heavy atom. The van der Waals surface area contributed by atoms with Crippen molar-refractivity contribution in [3.05, 3.63) is 35.1 Å². The number of benzene rings is 1. The molecule has 1 aromatic carbocycles. The summed E-state index contributed by atoms with van der Waals surface area (Å²) in [5, 5.41) is 0. The third-order valence-electron chi connectivity index (χ3n) is 1.89. The van der Waals surface area contributed by atoms with Gasteiger partial charge in [0, 0.05) is 6.04 Å². The van der Waals surface area contributed by atoms with Gasteiger partial charge in [-0.1, -0.05) is 0 Å². The summed E-state index contributed by atoms with van der Waals surface area (Å²) < 4.78 is 73.7. The van der Waals surface area contributed by atoms with E-state index in [2.05, 4.69) is 0 Å². The topological polar surface area (TPSA) is 26.0 Å². The van der Waals surface area contributed by atoms with E-state index in [0.29, 0.717) is 12.1 Å². The Morgan fingerprint density at radius 3 is 1.88 bits per heavy atom. The minimum atomic E-state index is -4.55. The minimum Gasteiger partial charge on any atom is -0.324 e. The highest BCUT2D eigenvalue weighted by Gasteiger charge is 2.31. The predicted molar refractivity (Wildman–Crippen MR) is 43.9 cm³/mol. The van der Waals surface area contributed by atoms with Gasteiger partial charge in [-0.3, -0.25) is 0 Å². The van der Waals surface area contributed by atoms with E-state index >= 15 is 0 Å². The minimum absolute atomic E-state index is 0.436. The van der Waals surface area contributed by atoms with Gasteiger partial charge in [-0.2, -0.15) is 13.2 Å². The van der Waals surface area contributed by atoms with E-state index in [4.69, 9.17) is 5.73 Å². The summed E-state index contributed by atoms with van der Waals surface area (Å²) >= 11 is 0. The highest BCUT2D eigenvalue weighted by atomic mass is 19.4. The van der Waals surface area contributed by atoms with Crippen molar-refractivity contribution in [3.8, 4) is 0 Å². The normalized spacial score (nSPS) is 13.9. The van der Waals surface area contributed by atoms with E-state index in [0.717, 1.165) is 0 Å². The van der Waals surface area contributed by atoms with Crippen molar-refractivity contribution in [1.82, 2.24) is 0 Å². The molecule has 16 heavy (non-hydrogen) atoms. The van der Waals surface area contributed by atoms with Crippen molar-refractivity contribution >= 4 is 0 Å². The van der Waals surface area contributed by atoms with Crippen LogP contribution >= 0.6 is 0 Å². The van der Waals surface area contributed by atoms with Gasteiger partial charge in [0.05, 0.1) is 6.42 Å². The molecule has 1 aromatic rings. The Labute approximate surface area is 86.9 Å². The van der Waals surface area contributed by atoms with E-state index in [1.54, 1.807) is 0 Å². The summed E-state index contributed by atoms with van der Waals surface area (Å²) in [5.74, 6) is -4.86. The van der Waals surface area contributed by atoms with Crippen LogP contribution in [0.2, 0.25) is 0 Å². The van der Waals surface area contributed by atoms with Gasteiger partial charge in [-0.25, -0.2) is 13.2 Å². The monoisotopic (exact) mass is 243 g/mol. The average Bonchev–Trinajstić information content (AvgIpc) is 2.10. The van der Waals surface area contributed by atoms with Crippen LogP contribution in [0.5, 0.6) is 0 Å². The summed E-state index contributed by atoms with van der Waals surface area (Å²) in [6.45, 7) is 0. The maximum Gasteiger partial charge on any atom is 0.390 e. The Kier molecular flexibility index (Phi) is 3.47. The standard InChI is InChI=1S/C9H7F6N/c10-5-1-4(2-6(11)8(5)12)7(16)3-9(13,14)15/h1-2,7H,3,16H2/t7-/m1/s1. The summed E-state index contributed by atoms with van der Waals surface area (Å²) in [6.07, 6.45) is -5.99. The molecular weight excluding hydrogens is 236 g/mol. The van der Waals surface area contributed by atoms with Crippen LogP contribution in [0.15, 0.2) is 12.1 Å². The fourth-order valence-corrected chi connectivity index (χ4v) is 1.16. The molecule has 0 aliphatic carbocycles. The van der Waals surface area contributed by atoms with Crippen LogP contribution in [0.25, 0.3) is 0 Å². The van der Waals surface area contributed by atoms with E-state index in [1.165, 1.54) is 0 Å². The fourth-order valence-electron chi connectivity index (χ4n) is 1.16. The molecule has 0 saturated carbocycles. The Morgan fingerprint density at radius 2 is 1.50 bits per heavy atom. The quantitative estimate of drug-likeness (QED) is 0.627.